The van der Waals surface area contributed by atoms with Crippen molar-refractivity contribution in [3.05, 3.63) is 52.6 Å². The first kappa shape index (κ1) is 21.8. The summed E-state index contributed by atoms with van der Waals surface area (Å²) in [4.78, 5) is 38.2. The number of hydrogen-bond donors (Lipinski definition) is 3. The Morgan fingerprint density at radius 3 is 2.74 bits per heavy atom. The molecule has 0 aliphatic rings. The molecule has 0 bridgehead atoms. The van der Waals surface area contributed by atoms with Crippen molar-refractivity contribution in [2.45, 2.75) is 12.1 Å². The second-order valence-electron chi connectivity index (χ2n) is 6.21. The van der Waals surface area contributed by atoms with Gasteiger partial charge in [0.05, 0.1) is 23.5 Å². The Balaban J connectivity index is 1.63. The van der Waals surface area contributed by atoms with Crippen LogP contribution in [0.3, 0.4) is 0 Å². The number of hydrogen-bond acceptors (Lipinski definition) is 8. The molecule has 0 radical (unpaired) electrons. The first-order valence-electron chi connectivity index (χ1n) is 8.91. The number of H-pyrrole nitrogens is 1. The zero-order valence-electron chi connectivity index (χ0n) is 16.5. The number of benzene rings is 2. The van der Waals surface area contributed by atoms with Gasteiger partial charge in [-0.3, -0.25) is 24.8 Å². The molecule has 3 N–H and O–H groups in total. The minimum Gasteiger partial charge on any atom is -0.495 e. The van der Waals surface area contributed by atoms with E-state index >= 15 is 0 Å². The lowest BCUT2D eigenvalue weighted by Crippen LogP contribution is -2.15. The molecule has 3 rings (SSSR count). The number of ether oxygens (including phenoxy) is 1. The molecule has 2 amide bonds. The van der Waals surface area contributed by atoms with Crippen LogP contribution in [0.4, 0.5) is 17.1 Å². The number of nitro groups is 1. The maximum absolute atomic E-state index is 12.3. The minimum atomic E-state index is -0.556. The Kier molecular flexibility index (Phi) is 6.82. The van der Waals surface area contributed by atoms with E-state index in [9.17, 15) is 19.7 Å². The summed E-state index contributed by atoms with van der Waals surface area (Å²) >= 11 is 1.09. The quantitative estimate of drug-likeness (QED) is 0.273. The summed E-state index contributed by atoms with van der Waals surface area (Å²) in [5.41, 5.74) is 1.38. The van der Waals surface area contributed by atoms with E-state index in [1.807, 2.05) is 6.07 Å². The smallest absolute Gasteiger partial charge is 0.271 e. The normalized spacial score (nSPS) is 10.4. The molecule has 12 heteroatoms. The molecule has 11 nitrogen and oxygen atoms in total. The van der Waals surface area contributed by atoms with Crippen molar-refractivity contribution in [3.63, 3.8) is 0 Å². The molecular formula is C19H18N6O5S. The molecule has 0 fully saturated rings. The number of carbonyl (C=O) groups is 2. The minimum absolute atomic E-state index is 0.0188. The molecule has 0 saturated heterocycles. The maximum Gasteiger partial charge on any atom is 0.271 e. The van der Waals surface area contributed by atoms with Crippen LogP contribution >= 0.6 is 11.8 Å². The second kappa shape index (κ2) is 9.71. The Morgan fingerprint density at radius 2 is 2.03 bits per heavy atom. The van der Waals surface area contributed by atoms with Gasteiger partial charge in [0.1, 0.15) is 5.75 Å². The molecule has 31 heavy (non-hydrogen) atoms. The first-order valence-corrected chi connectivity index (χ1v) is 9.90. The molecule has 0 aliphatic carbocycles. The van der Waals surface area contributed by atoms with Crippen molar-refractivity contribution in [1.29, 1.82) is 0 Å². The van der Waals surface area contributed by atoms with Gasteiger partial charge < -0.3 is 15.4 Å². The van der Waals surface area contributed by atoms with Gasteiger partial charge >= 0.3 is 0 Å². The molecule has 0 saturated carbocycles. The Morgan fingerprint density at radius 1 is 1.23 bits per heavy atom. The lowest BCUT2D eigenvalue weighted by molar-refractivity contribution is -0.384. The van der Waals surface area contributed by atoms with Gasteiger partial charge in [-0.25, -0.2) is 4.98 Å². The van der Waals surface area contributed by atoms with Crippen molar-refractivity contribution < 1.29 is 19.2 Å². The van der Waals surface area contributed by atoms with Crippen LogP contribution < -0.4 is 15.4 Å². The van der Waals surface area contributed by atoms with Gasteiger partial charge in [-0.2, -0.15) is 0 Å². The van der Waals surface area contributed by atoms with E-state index < -0.39 is 10.8 Å². The predicted octanol–water partition coefficient (Wildman–Crippen LogP) is 3.08. The van der Waals surface area contributed by atoms with Crippen molar-refractivity contribution in [2.75, 3.05) is 23.5 Å². The number of rotatable bonds is 8. The third-order valence-corrected chi connectivity index (χ3v) is 4.77. The van der Waals surface area contributed by atoms with Crippen molar-refractivity contribution in [2.24, 2.45) is 0 Å². The van der Waals surface area contributed by atoms with Crippen LogP contribution in [0.15, 0.2) is 47.6 Å². The summed E-state index contributed by atoms with van der Waals surface area (Å²) in [5.74, 6) is 0.188. The lowest BCUT2D eigenvalue weighted by Gasteiger charge is -2.09. The van der Waals surface area contributed by atoms with Gasteiger partial charge in [0.2, 0.25) is 17.0 Å². The Hall–Kier alpha value is -3.93. The van der Waals surface area contributed by atoms with Crippen molar-refractivity contribution in [3.8, 4) is 17.1 Å². The summed E-state index contributed by atoms with van der Waals surface area (Å²) < 4.78 is 5.13. The summed E-state index contributed by atoms with van der Waals surface area (Å²) in [5, 5.41) is 23.5. The average Bonchev–Trinajstić information content (AvgIpc) is 3.21. The molecule has 0 spiro atoms. The van der Waals surface area contributed by atoms with E-state index in [-0.39, 0.29) is 23.0 Å². The van der Waals surface area contributed by atoms with Gasteiger partial charge in [0, 0.05) is 30.3 Å². The molecular weight excluding hydrogens is 424 g/mol. The molecule has 0 unspecified atom stereocenters. The number of nitrogens with zero attached hydrogens (tertiary/aromatic N) is 3. The van der Waals surface area contributed by atoms with Crippen molar-refractivity contribution >= 4 is 40.6 Å². The molecule has 2 aromatic carbocycles. The topological polar surface area (TPSA) is 152 Å². The first-order chi connectivity index (χ1) is 14.9. The van der Waals surface area contributed by atoms with Gasteiger partial charge in [-0.1, -0.05) is 23.9 Å². The third kappa shape index (κ3) is 5.79. The van der Waals surface area contributed by atoms with E-state index in [2.05, 4.69) is 25.8 Å². The fourth-order valence-electron chi connectivity index (χ4n) is 2.61. The van der Waals surface area contributed by atoms with Gasteiger partial charge in [-0.05, 0) is 18.2 Å². The van der Waals surface area contributed by atoms with Crippen LogP contribution in [0.5, 0.6) is 5.75 Å². The van der Waals surface area contributed by atoms with E-state index in [0.717, 1.165) is 17.3 Å². The molecule has 0 aliphatic heterocycles. The van der Waals surface area contributed by atoms with Gasteiger partial charge in [-0.15, -0.1) is 5.10 Å². The molecule has 0 atom stereocenters. The van der Waals surface area contributed by atoms with Gasteiger partial charge in [0.25, 0.3) is 5.69 Å². The highest BCUT2D eigenvalue weighted by atomic mass is 32.2. The van der Waals surface area contributed by atoms with Gasteiger partial charge in [0.15, 0.2) is 5.82 Å². The Bertz CT molecular complexity index is 1130. The zero-order valence-corrected chi connectivity index (χ0v) is 17.4. The summed E-state index contributed by atoms with van der Waals surface area (Å²) in [6, 6.07) is 11.0. The lowest BCUT2D eigenvalue weighted by atomic mass is 10.2. The number of nitro benzene ring substituents is 1. The number of aromatic nitrogens is 3. The zero-order chi connectivity index (χ0) is 22.4. The fourth-order valence-corrected chi connectivity index (χ4v) is 3.21. The van der Waals surface area contributed by atoms with Crippen LogP contribution in [0, 0.1) is 10.1 Å². The predicted molar refractivity (Wildman–Crippen MR) is 115 cm³/mol. The largest absolute Gasteiger partial charge is 0.495 e. The van der Waals surface area contributed by atoms with Crippen molar-refractivity contribution in [1.82, 2.24) is 15.2 Å². The van der Waals surface area contributed by atoms with E-state index in [1.165, 1.54) is 32.2 Å². The molecule has 1 aromatic heterocycles. The van der Waals surface area contributed by atoms with Crippen LogP contribution in [0.2, 0.25) is 0 Å². The highest BCUT2D eigenvalue weighted by molar-refractivity contribution is 7.99. The summed E-state index contributed by atoms with van der Waals surface area (Å²) in [7, 11) is 1.40. The SMILES string of the molecule is COc1ccc([N+](=O)[O-])cc1NC(=O)CSc1n[nH]c(-c2cccc(NC(C)=O)c2)n1. The Labute approximate surface area is 180 Å². The number of methoxy groups -OCH3 is 1. The fraction of sp³-hybridized carbons (Fsp3) is 0.158. The van der Waals surface area contributed by atoms with E-state index in [0.29, 0.717) is 22.4 Å². The van der Waals surface area contributed by atoms with E-state index in [1.54, 1.807) is 18.2 Å². The third-order valence-electron chi connectivity index (χ3n) is 3.92. The number of carbonyl (C=O) groups excluding carboxylic acids is 2. The number of thioether (sulfide) groups is 1. The average molecular weight is 442 g/mol. The molecule has 3 aromatic rings. The maximum atomic E-state index is 12.3. The highest BCUT2D eigenvalue weighted by Crippen LogP contribution is 2.29. The van der Waals surface area contributed by atoms with E-state index in [4.69, 9.17) is 4.74 Å². The molecule has 160 valence electrons. The highest BCUT2D eigenvalue weighted by Gasteiger charge is 2.15. The number of anilines is 2. The number of nitrogens with one attached hydrogen (secondary N) is 3. The second-order valence-corrected chi connectivity index (χ2v) is 7.15. The summed E-state index contributed by atoms with van der Waals surface area (Å²) in [6.45, 7) is 1.42. The monoisotopic (exact) mass is 442 g/mol. The standard InChI is InChI=1S/C19H18N6O5S/c1-11(26)20-13-5-3-4-12(8-13)18-22-19(24-23-18)31-10-17(27)21-15-9-14(25(28)29)6-7-16(15)30-2/h3-9H,10H2,1-2H3,(H,20,26)(H,21,27)(H,22,23,24). The number of non-ortho nitro benzene ring substituents is 1. The van der Waals surface area contributed by atoms with Crippen LogP contribution in [-0.4, -0.2) is 44.8 Å². The number of amides is 2. The number of aromatic amines is 1. The van der Waals surface area contributed by atoms with Crippen LogP contribution in [0.25, 0.3) is 11.4 Å². The molecule has 1 heterocycles. The van der Waals surface area contributed by atoms with Crippen LogP contribution in [0.1, 0.15) is 6.92 Å². The van der Waals surface area contributed by atoms with Crippen LogP contribution in [-0.2, 0) is 9.59 Å². The summed E-state index contributed by atoms with van der Waals surface area (Å²) in [6.07, 6.45) is 0.